The highest BCUT2D eigenvalue weighted by Crippen LogP contribution is 2.28. The molecule has 0 saturated heterocycles. The smallest absolute Gasteiger partial charge is 0.252 e. The van der Waals surface area contributed by atoms with Crippen molar-refractivity contribution in [1.82, 2.24) is 5.32 Å². The maximum absolute atomic E-state index is 12.1. The van der Waals surface area contributed by atoms with Gasteiger partial charge in [-0.3, -0.25) is 4.79 Å². The van der Waals surface area contributed by atoms with E-state index in [0.29, 0.717) is 0 Å². The molecule has 3 heteroatoms. The molecular weight excluding hydrogens is 226 g/mol. The Morgan fingerprint density at radius 3 is 2.83 bits per heavy atom. The topological polar surface area (TPSA) is 42.2 Å². The Morgan fingerprint density at radius 1 is 1.28 bits per heavy atom. The van der Waals surface area contributed by atoms with E-state index in [9.17, 15) is 4.79 Å². The maximum Gasteiger partial charge on any atom is 0.252 e. The van der Waals surface area contributed by atoms with Crippen molar-refractivity contribution in [2.75, 3.05) is 0 Å². The fourth-order valence-electron chi connectivity index (χ4n) is 2.43. The molecule has 1 aromatic heterocycles. The number of hydrogen-bond acceptors (Lipinski definition) is 2. The Hall–Kier alpha value is -2.03. The van der Waals surface area contributed by atoms with Crippen molar-refractivity contribution in [3.63, 3.8) is 0 Å². The van der Waals surface area contributed by atoms with E-state index in [1.807, 2.05) is 44.2 Å². The Labute approximate surface area is 106 Å². The summed E-state index contributed by atoms with van der Waals surface area (Å²) in [5.41, 5.74) is 2.62. The van der Waals surface area contributed by atoms with E-state index >= 15 is 0 Å². The third-order valence-corrected chi connectivity index (χ3v) is 3.24. The van der Waals surface area contributed by atoms with Crippen molar-refractivity contribution in [3.8, 4) is 11.3 Å². The average molecular weight is 241 g/mol. The summed E-state index contributed by atoms with van der Waals surface area (Å²) in [6.45, 7) is 4.07. The zero-order valence-corrected chi connectivity index (χ0v) is 10.5. The number of benzene rings is 1. The van der Waals surface area contributed by atoms with Crippen molar-refractivity contribution < 1.29 is 9.21 Å². The molecule has 18 heavy (non-hydrogen) atoms. The number of nitrogens with one attached hydrogen (secondary N) is 1. The van der Waals surface area contributed by atoms with Gasteiger partial charge in [-0.15, -0.1) is 0 Å². The first-order valence-electron chi connectivity index (χ1n) is 6.04. The van der Waals surface area contributed by atoms with E-state index in [4.69, 9.17) is 4.42 Å². The molecule has 1 aliphatic rings. The number of carbonyl (C=O) groups excluding carboxylic acids is 1. The van der Waals surface area contributed by atoms with Crippen molar-refractivity contribution in [1.29, 1.82) is 0 Å². The van der Waals surface area contributed by atoms with E-state index in [2.05, 4.69) is 5.32 Å². The van der Waals surface area contributed by atoms with E-state index in [0.717, 1.165) is 28.9 Å². The quantitative estimate of drug-likeness (QED) is 0.834. The molecule has 0 aliphatic carbocycles. The fourth-order valence-corrected chi connectivity index (χ4v) is 2.43. The summed E-state index contributed by atoms with van der Waals surface area (Å²) >= 11 is 0. The third-order valence-electron chi connectivity index (χ3n) is 3.24. The molecule has 0 atom stereocenters. The fraction of sp³-hybridized carbons (Fsp3) is 0.267. The highest BCUT2D eigenvalue weighted by molar-refractivity contribution is 5.98. The molecular formula is C15H15NO2. The minimum Gasteiger partial charge on any atom is -0.464 e. The zero-order valence-electron chi connectivity index (χ0n) is 10.5. The monoisotopic (exact) mass is 241 g/mol. The van der Waals surface area contributed by atoms with Crippen LogP contribution in [-0.2, 0) is 6.42 Å². The second-order valence-corrected chi connectivity index (χ2v) is 5.36. The number of hydrogen-bond donors (Lipinski definition) is 1. The second-order valence-electron chi connectivity index (χ2n) is 5.36. The lowest BCUT2D eigenvalue weighted by atomic mass is 9.86. The zero-order chi connectivity index (χ0) is 12.8. The molecule has 0 unspecified atom stereocenters. The summed E-state index contributed by atoms with van der Waals surface area (Å²) in [5, 5.41) is 3.01. The predicted molar refractivity (Wildman–Crippen MR) is 69.4 cm³/mol. The van der Waals surface area contributed by atoms with E-state index in [-0.39, 0.29) is 11.4 Å². The molecule has 0 fully saturated rings. The lowest BCUT2D eigenvalue weighted by molar-refractivity contribution is 0.0897. The molecule has 92 valence electrons. The van der Waals surface area contributed by atoms with E-state index < -0.39 is 0 Å². The van der Waals surface area contributed by atoms with Gasteiger partial charge in [0.2, 0.25) is 0 Å². The van der Waals surface area contributed by atoms with Gasteiger partial charge < -0.3 is 9.73 Å². The molecule has 2 heterocycles. The van der Waals surface area contributed by atoms with Crippen LogP contribution >= 0.6 is 0 Å². The lowest BCUT2D eigenvalue weighted by Crippen LogP contribution is -2.49. The van der Waals surface area contributed by atoms with Crippen LogP contribution in [0.3, 0.4) is 0 Å². The molecule has 1 aromatic carbocycles. The van der Waals surface area contributed by atoms with Gasteiger partial charge in [-0.1, -0.05) is 12.1 Å². The van der Waals surface area contributed by atoms with Gasteiger partial charge in [0.25, 0.3) is 5.91 Å². The Kier molecular flexibility index (Phi) is 2.30. The average Bonchev–Trinajstić information content (AvgIpc) is 2.80. The standard InChI is InChI=1S/C15H15NO2/c1-15(2)9-11-6-5-10(13-4-3-7-18-13)8-12(11)14(17)16-15/h3-8H,9H2,1-2H3,(H,16,17). The van der Waals surface area contributed by atoms with E-state index in [1.165, 1.54) is 0 Å². The van der Waals surface area contributed by atoms with Crippen molar-refractivity contribution in [3.05, 3.63) is 47.7 Å². The van der Waals surface area contributed by atoms with Crippen LogP contribution < -0.4 is 5.32 Å². The summed E-state index contributed by atoms with van der Waals surface area (Å²) in [6, 6.07) is 9.67. The van der Waals surface area contributed by atoms with Gasteiger partial charge >= 0.3 is 0 Å². The molecule has 0 bridgehead atoms. The highest BCUT2D eigenvalue weighted by Gasteiger charge is 2.29. The van der Waals surface area contributed by atoms with Gasteiger partial charge in [-0.25, -0.2) is 0 Å². The van der Waals surface area contributed by atoms with Crippen LogP contribution in [0, 0.1) is 0 Å². The second kappa shape index (κ2) is 3.73. The number of amides is 1. The van der Waals surface area contributed by atoms with Gasteiger partial charge in [-0.2, -0.15) is 0 Å². The third kappa shape index (κ3) is 1.82. The molecule has 1 amide bonds. The Bertz CT molecular complexity index is 597. The van der Waals surface area contributed by atoms with Crippen LogP contribution in [0.2, 0.25) is 0 Å². The summed E-state index contributed by atoms with van der Waals surface area (Å²) < 4.78 is 5.36. The van der Waals surface area contributed by atoms with Crippen molar-refractivity contribution >= 4 is 5.91 Å². The van der Waals surface area contributed by atoms with Crippen molar-refractivity contribution in [2.24, 2.45) is 0 Å². The first kappa shape index (κ1) is 11.1. The van der Waals surface area contributed by atoms with Crippen LogP contribution in [0.5, 0.6) is 0 Å². The van der Waals surface area contributed by atoms with Crippen LogP contribution in [0.4, 0.5) is 0 Å². The number of rotatable bonds is 1. The normalized spacial score (nSPS) is 17.1. The molecule has 1 N–H and O–H groups in total. The highest BCUT2D eigenvalue weighted by atomic mass is 16.3. The predicted octanol–water partition coefficient (Wildman–Crippen LogP) is 3.01. The summed E-state index contributed by atoms with van der Waals surface area (Å²) in [5.74, 6) is 0.782. The molecule has 0 saturated carbocycles. The lowest BCUT2D eigenvalue weighted by Gasteiger charge is -2.32. The molecule has 3 nitrogen and oxygen atoms in total. The van der Waals surface area contributed by atoms with Crippen molar-refractivity contribution in [2.45, 2.75) is 25.8 Å². The summed E-state index contributed by atoms with van der Waals surface area (Å²) in [6.07, 6.45) is 2.49. The van der Waals surface area contributed by atoms with Gasteiger partial charge in [0.05, 0.1) is 6.26 Å². The summed E-state index contributed by atoms with van der Waals surface area (Å²) in [7, 11) is 0. The molecule has 0 spiro atoms. The Balaban J connectivity index is 2.07. The summed E-state index contributed by atoms with van der Waals surface area (Å²) in [4.78, 5) is 12.1. The number of carbonyl (C=O) groups is 1. The number of furan rings is 1. The SMILES string of the molecule is CC1(C)Cc2ccc(-c3ccco3)cc2C(=O)N1. The first-order chi connectivity index (χ1) is 8.55. The van der Waals surface area contributed by atoms with Gasteiger partial charge in [0, 0.05) is 16.7 Å². The van der Waals surface area contributed by atoms with E-state index in [1.54, 1.807) is 6.26 Å². The molecule has 1 aliphatic heterocycles. The number of fused-ring (bicyclic) bond motifs is 1. The van der Waals surface area contributed by atoms with Crippen LogP contribution in [-0.4, -0.2) is 11.4 Å². The minimum absolute atomic E-state index is 0.00495. The van der Waals surface area contributed by atoms with Crippen LogP contribution in [0.25, 0.3) is 11.3 Å². The molecule has 0 radical (unpaired) electrons. The first-order valence-corrected chi connectivity index (χ1v) is 6.04. The van der Waals surface area contributed by atoms with Crippen LogP contribution in [0.15, 0.2) is 41.0 Å². The van der Waals surface area contributed by atoms with Gasteiger partial charge in [0.1, 0.15) is 5.76 Å². The maximum atomic E-state index is 12.1. The largest absolute Gasteiger partial charge is 0.464 e. The molecule has 3 rings (SSSR count). The van der Waals surface area contributed by atoms with Crippen LogP contribution in [0.1, 0.15) is 29.8 Å². The minimum atomic E-state index is -0.170. The van der Waals surface area contributed by atoms with Gasteiger partial charge in [0.15, 0.2) is 0 Å². The van der Waals surface area contributed by atoms with Gasteiger partial charge in [-0.05, 0) is 44.0 Å². The molecule has 2 aromatic rings. The Morgan fingerprint density at radius 2 is 2.11 bits per heavy atom.